The number of anilines is 1. The number of rotatable bonds is 2. The molecule has 18 heavy (non-hydrogen) atoms. The normalized spacial score (nSPS) is 19.9. The number of amides is 1. The molecule has 0 saturated carbocycles. The third-order valence-electron chi connectivity index (χ3n) is 3.97. The molecule has 1 saturated heterocycles. The second-order valence-corrected chi connectivity index (χ2v) is 5.26. The maximum Gasteiger partial charge on any atom is 0.241 e. The third-order valence-corrected chi connectivity index (χ3v) is 3.97. The van der Waals surface area contributed by atoms with Crippen molar-refractivity contribution < 1.29 is 4.79 Å². The topological polar surface area (TPSA) is 23.6 Å². The van der Waals surface area contributed by atoms with Gasteiger partial charge in [-0.2, -0.15) is 0 Å². The van der Waals surface area contributed by atoms with Crippen molar-refractivity contribution in [3.63, 3.8) is 0 Å². The number of nitrogens with zero attached hydrogens (tertiary/aromatic N) is 2. The van der Waals surface area contributed by atoms with Gasteiger partial charge in [0.25, 0.3) is 0 Å². The van der Waals surface area contributed by atoms with E-state index < -0.39 is 0 Å². The number of benzene rings is 1. The molecule has 0 unspecified atom stereocenters. The van der Waals surface area contributed by atoms with E-state index in [-0.39, 0.29) is 5.91 Å². The van der Waals surface area contributed by atoms with Gasteiger partial charge in [0.1, 0.15) is 0 Å². The van der Waals surface area contributed by atoms with Gasteiger partial charge in [-0.05, 0) is 50.4 Å². The highest BCUT2D eigenvalue weighted by Crippen LogP contribution is 2.26. The maximum atomic E-state index is 12.4. The number of para-hydroxylation sites is 1. The first-order valence-electron chi connectivity index (χ1n) is 6.95. The number of carbonyl (C=O) groups excluding carboxylic acids is 1. The average Bonchev–Trinajstić information content (AvgIpc) is 2.91. The van der Waals surface area contributed by atoms with Gasteiger partial charge in [-0.1, -0.05) is 18.2 Å². The number of likely N-dealkylation sites (tertiary alicyclic amines) is 1. The van der Waals surface area contributed by atoms with Crippen molar-refractivity contribution in [3.8, 4) is 0 Å². The van der Waals surface area contributed by atoms with Gasteiger partial charge in [-0.15, -0.1) is 0 Å². The summed E-state index contributed by atoms with van der Waals surface area (Å²) in [6.45, 7) is 3.64. The van der Waals surface area contributed by atoms with E-state index in [0.717, 1.165) is 38.2 Å². The summed E-state index contributed by atoms with van der Waals surface area (Å²) in [5, 5.41) is 0. The molecule has 0 atom stereocenters. The lowest BCUT2D eigenvalue weighted by atomic mass is 10.0. The molecular formula is C15H20N2O. The summed E-state index contributed by atoms with van der Waals surface area (Å²) in [4.78, 5) is 16.7. The molecule has 1 aromatic carbocycles. The highest BCUT2D eigenvalue weighted by atomic mass is 16.2. The quantitative estimate of drug-likeness (QED) is 0.795. The van der Waals surface area contributed by atoms with Gasteiger partial charge in [0, 0.05) is 12.2 Å². The van der Waals surface area contributed by atoms with Crippen molar-refractivity contribution in [1.82, 2.24) is 4.90 Å². The molecular weight excluding hydrogens is 224 g/mol. The van der Waals surface area contributed by atoms with Crippen LogP contribution in [0.5, 0.6) is 0 Å². The van der Waals surface area contributed by atoms with Crippen molar-refractivity contribution in [3.05, 3.63) is 29.8 Å². The first-order valence-corrected chi connectivity index (χ1v) is 6.95. The smallest absolute Gasteiger partial charge is 0.241 e. The van der Waals surface area contributed by atoms with E-state index in [1.807, 2.05) is 11.0 Å². The van der Waals surface area contributed by atoms with Crippen molar-refractivity contribution in [2.75, 3.05) is 31.1 Å². The van der Waals surface area contributed by atoms with Crippen LogP contribution in [0, 0.1) is 0 Å². The van der Waals surface area contributed by atoms with Crippen LogP contribution in [0.4, 0.5) is 5.69 Å². The summed E-state index contributed by atoms with van der Waals surface area (Å²) in [6.07, 6.45) is 4.67. The van der Waals surface area contributed by atoms with Gasteiger partial charge in [0.05, 0.1) is 6.54 Å². The third kappa shape index (κ3) is 2.27. The highest BCUT2D eigenvalue weighted by Gasteiger charge is 2.24. The van der Waals surface area contributed by atoms with Crippen molar-refractivity contribution >= 4 is 11.6 Å². The minimum atomic E-state index is 0.268. The second-order valence-electron chi connectivity index (χ2n) is 5.26. The molecule has 0 N–H and O–H groups in total. The summed E-state index contributed by atoms with van der Waals surface area (Å²) in [5.74, 6) is 0.268. The van der Waals surface area contributed by atoms with Crippen LogP contribution in [-0.2, 0) is 11.2 Å². The molecule has 3 rings (SSSR count). The van der Waals surface area contributed by atoms with E-state index in [4.69, 9.17) is 0 Å². The molecule has 0 aliphatic carbocycles. The standard InChI is InChI=1S/C15H20N2O/c18-15(12-16-9-3-4-10-16)17-11-5-7-13-6-1-2-8-14(13)17/h1-2,6,8H,3-5,7,9-12H2. The fraction of sp³-hybridized carbons (Fsp3) is 0.533. The van der Waals surface area contributed by atoms with Gasteiger partial charge in [-0.3, -0.25) is 9.69 Å². The van der Waals surface area contributed by atoms with E-state index in [0.29, 0.717) is 6.54 Å². The Kier molecular flexibility index (Phi) is 3.33. The SMILES string of the molecule is O=C(CN1CCCC1)N1CCCc2ccccc21. The zero-order valence-corrected chi connectivity index (χ0v) is 10.8. The second kappa shape index (κ2) is 5.11. The van der Waals surface area contributed by atoms with E-state index >= 15 is 0 Å². The molecule has 1 fully saturated rings. The Morgan fingerprint density at radius 2 is 1.83 bits per heavy atom. The minimum Gasteiger partial charge on any atom is -0.311 e. The molecule has 0 spiro atoms. The van der Waals surface area contributed by atoms with E-state index in [1.165, 1.54) is 18.4 Å². The van der Waals surface area contributed by atoms with Gasteiger partial charge in [-0.25, -0.2) is 0 Å². The molecule has 3 nitrogen and oxygen atoms in total. The van der Waals surface area contributed by atoms with E-state index in [9.17, 15) is 4.79 Å². The molecule has 3 heteroatoms. The zero-order chi connectivity index (χ0) is 12.4. The molecule has 2 heterocycles. The van der Waals surface area contributed by atoms with Crippen LogP contribution in [0.1, 0.15) is 24.8 Å². The molecule has 0 bridgehead atoms. The van der Waals surface area contributed by atoms with Crippen LogP contribution >= 0.6 is 0 Å². The molecule has 2 aliphatic heterocycles. The Labute approximate surface area is 108 Å². The first-order chi connectivity index (χ1) is 8.84. The highest BCUT2D eigenvalue weighted by molar-refractivity contribution is 5.95. The van der Waals surface area contributed by atoms with Crippen molar-refractivity contribution in [1.29, 1.82) is 0 Å². The maximum absolute atomic E-state index is 12.4. The summed E-state index contributed by atoms with van der Waals surface area (Å²) in [5.41, 5.74) is 2.45. The van der Waals surface area contributed by atoms with Gasteiger partial charge in [0.15, 0.2) is 0 Å². The van der Waals surface area contributed by atoms with E-state index in [1.54, 1.807) is 0 Å². The summed E-state index contributed by atoms with van der Waals surface area (Å²) in [6, 6.07) is 8.31. The minimum absolute atomic E-state index is 0.268. The average molecular weight is 244 g/mol. The van der Waals surface area contributed by atoms with Gasteiger partial charge < -0.3 is 4.90 Å². The number of hydrogen-bond donors (Lipinski definition) is 0. The predicted octanol–water partition coefficient (Wildman–Crippen LogP) is 2.06. The van der Waals surface area contributed by atoms with Crippen LogP contribution in [0.2, 0.25) is 0 Å². The fourth-order valence-electron chi connectivity index (χ4n) is 3.01. The van der Waals surface area contributed by atoms with Crippen LogP contribution in [0.25, 0.3) is 0 Å². The molecule has 96 valence electrons. The molecule has 0 aromatic heterocycles. The summed E-state index contributed by atoms with van der Waals surface area (Å²) in [7, 11) is 0. The molecule has 2 aliphatic rings. The lowest BCUT2D eigenvalue weighted by molar-refractivity contribution is -0.119. The Morgan fingerprint density at radius 1 is 1.06 bits per heavy atom. The molecule has 0 radical (unpaired) electrons. The summed E-state index contributed by atoms with van der Waals surface area (Å²) >= 11 is 0. The monoisotopic (exact) mass is 244 g/mol. The summed E-state index contributed by atoms with van der Waals surface area (Å²) < 4.78 is 0. The Balaban J connectivity index is 1.74. The fourth-order valence-corrected chi connectivity index (χ4v) is 3.01. The van der Waals surface area contributed by atoms with Crippen molar-refractivity contribution in [2.24, 2.45) is 0 Å². The van der Waals surface area contributed by atoms with Crippen LogP contribution in [0.3, 0.4) is 0 Å². The molecule has 1 amide bonds. The Bertz CT molecular complexity index is 438. The van der Waals surface area contributed by atoms with Gasteiger partial charge in [0.2, 0.25) is 5.91 Å². The Hall–Kier alpha value is -1.35. The molecule has 1 aromatic rings. The zero-order valence-electron chi connectivity index (χ0n) is 10.8. The van der Waals surface area contributed by atoms with Crippen LogP contribution in [0.15, 0.2) is 24.3 Å². The van der Waals surface area contributed by atoms with E-state index in [2.05, 4.69) is 23.1 Å². The number of hydrogen-bond acceptors (Lipinski definition) is 2. The first kappa shape index (κ1) is 11.7. The lowest BCUT2D eigenvalue weighted by Gasteiger charge is -2.30. The number of fused-ring (bicyclic) bond motifs is 1. The number of aryl methyl sites for hydroxylation is 1. The van der Waals surface area contributed by atoms with Crippen LogP contribution < -0.4 is 4.90 Å². The van der Waals surface area contributed by atoms with Gasteiger partial charge >= 0.3 is 0 Å². The lowest BCUT2D eigenvalue weighted by Crippen LogP contribution is -2.42. The van der Waals surface area contributed by atoms with Crippen molar-refractivity contribution in [2.45, 2.75) is 25.7 Å². The number of carbonyl (C=O) groups is 1. The van der Waals surface area contributed by atoms with Crippen LogP contribution in [-0.4, -0.2) is 37.0 Å². The predicted molar refractivity (Wildman–Crippen MR) is 72.8 cm³/mol. The largest absolute Gasteiger partial charge is 0.311 e. The Morgan fingerprint density at radius 3 is 2.67 bits per heavy atom.